The summed E-state index contributed by atoms with van der Waals surface area (Å²) in [5.74, 6) is -0.232. The predicted molar refractivity (Wildman–Crippen MR) is 96.9 cm³/mol. The maximum absolute atomic E-state index is 11.7. The van der Waals surface area contributed by atoms with Gasteiger partial charge in [0.05, 0.1) is 18.3 Å². The number of hydrogen-bond acceptors (Lipinski definition) is 5. The van der Waals surface area contributed by atoms with Gasteiger partial charge in [-0.15, -0.1) is 0 Å². The van der Waals surface area contributed by atoms with Crippen LogP contribution in [0.2, 0.25) is 0 Å². The number of hydrazone groups is 1. The third kappa shape index (κ3) is 6.86. The number of alkyl halides is 1. The number of nitrogens with zero attached hydrogens (tertiary/aromatic N) is 1. The third-order valence-corrected chi connectivity index (χ3v) is 5.38. The summed E-state index contributed by atoms with van der Waals surface area (Å²) in [6, 6.07) is 0. The Bertz CT molecular complexity index is 424. The van der Waals surface area contributed by atoms with Crippen LogP contribution in [0.15, 0.2) is 17.3 Å². The number of nitrogens with one attached hydrogen (secondary N) is 1. The second-order valence-corrected chi connectivity index (χ2v) is 7.39. The minimum atomic E-state index is -0.232. The van der Waals surface area contributed by atoms with Crippen LogP contribution < -0.4 is 5.43 Å². The Morgan fingerprint density at radius 3 is 3.00 bits per heavy atom. The van der Waals surface area contributed by atoms with Gasteiger partial charge in [-0.2, -0.15) is 5.10 Å². The Morgan fingerprint density at radius 2 is 2.30 bits per heavy atom. The van der Waals surface area contributed by atoms with Crippen LogP contribution in [0.5, 0.6) is 0 Å². The Kier molecular flexibility index (Phi) is 8.49. The summed E-state index contributed by atoms with van der Waals surface area (Å²) in [6.07, 6.45) is 10.9. The Morgan fingerprint density at radius 1 is 1.43 bits per heavy atom. The lowest BCUT2D eigenvalue weighted by atomic mass is 9.95. The van der Waals surface area contributed by atoms with Gasteiger partial charge in [-0.25, -0.2) is 5.43 Å². The zero-order chi connectivity index (χ0) is 16.5. The summed E-state index contributed by atoms with van der Waals surface area (Å²) in [5.41, 5.74) is 2.47. The van der Waals surface area contributed by atoms with Gasteiger partial charge < -0.3 is 14.2 Å². The van der Waals surface area contributed by atoms with E-state index in [0.717, 1.165) is 38.7 Å². The van der Waals surface area contributed by atoms with Gasteiger partial charge in [-0.3, -0.25) is 4.79 Å². The van der Waals surface area contributed by atoms with Crippen LogP contribution in [0.3, 0.4) is 0 Å². The molecule has 1 saturated heterocycles. The summed E-state index contributed by atoms with van der Waals surface area (Å²) in [5, 5.41) is 3.87. The van der Waals surface area contributed by atoms with Crippen LogP contribution in [0, 0.1) is 0 Å². The van der Waals surface area contributed by atoms with Crippen LogP contribution in [0.25, 0.3) is 0 Å². The fourth-order valence-corrected chi connectivity index (χ4v) is 3.88. The van der Waals surface area contributed by atoms with Crippen molar-refractivity contribution in [2.75, 3.05) is 20.3 Å². The quantitative estimate of drug-likeness (QED) is 0.288. The first-order chi connectivity index (χ1) is 11.2. The molecule has 1 saturated carbocycles. The Balaban J connectivity index is 1.59. The second kappa shape index (κ2) is 10.4. The number of hydrogen-bond donors (Lipinski definition) is 1. The Labute approximate surface area is 151 Å². The van der Waals surface area contributed by atoms with E-state index in [-0.39, 0.29) is 24.7 Å². The summed E-state index contributed by atoms with van der Waals surface area (Å²) < 4.78 is 16.9. The molecule has 4 unspecified atom stereocenters. The van der Waals surface area contributed by atoms with Crippen molar-refractivity contribution >= 4 is 34.7 Å². The molecule has 1 amide bonds. The second-order valence-electron chi connectivity index (χ2n) is 5.79. The molecule has 1 aliphatic heterocycles. The zero-order valence-corrected chi connectivity index (χ0v) is 15.6. The van der Waals surface area contributed by atoms with E-state index in [1.54, 1.807) is 19.4 Å². The van der Waals surface area contributed by atoms with Gasteiger partial charge in [0.2, 0.25) is 0 Å². The van der Waals surface area contributed by atoms with Crippen LogP contribution in [-0.4, -0.2) is 54.7 Å². The van der Waals surface area contributed by atoms with Gasteiger partial charge in [-0.1, -0.05) is 28.7 Å². The van der Waals surface area contributed by atoms with E-state index in [9.17, 15) is 4.79 Å². The van der Waals surface area contributed by atoms with Crippen molar-refractivity contribution in [2.24, 2.45) is 5.10 Å². The van der Waals surface area contributed by atoms with Gasteiger partial charge in [0.25, 0.3) is 5.91 Å². The highest BCUT2D eigenvalue weighted by atomic mass is 127. The number of carbonyl (C=O) groups excluding carboxylic acids is 1. The van der Waals surface area contributed by atoms with Crippen LogP contribution in [0.4, 0.5) is 0 Å². The molecule has 0 aromatic rings. The van der Waals surface area contributed by atoms with E-state index in [1.165, 1.54) is 0 Å². The van der Waals surface area contributed by atoms with Gasteiger partial charge in [0.15, 0.2) is 0 Å². The Hall–Kier alpha value is -0.510. The molecule has 6 nitrogen and oxygen atoms in total. The van der Waals surface area contributed by atoms with Crippen LogP contribution in [-0.2, 0) is 19.0 Å². The highest BCUT2D eigenvalue weighted by Gasteiger charge is 2.29. The van der Waals surface area contributed by atoms with Crippen molar-refractivity contribution in [1.82, 2.24) is 5.43 Å². The summed E-state index contributed by atoms with van der Waals surface area (Å²) in [4.78, 5) is 11.7. The monoisotopic (exact) mass is 436 g/mol. The van der Waals surface area contributed by atoms with Crippen molar-refractivity contribution in [2.45, 2.75) is 54.3 Å². The lowest BCUT2D eigenvalue weighted by Gasteiger charge is -2.31. The van der Waals surface area contributed by atoms with E-state index in [4.69, 9.17) is 14.2 Å². The SMILES string of the molecule is COC1CCC(OCC(=O)N/N=C/C=C\C2CCCO2)C(I)C1. The first-order valence-corrected chi connectivity index (χ1v) is 9.32. The van der Waals surface area contributed by atoms with Gasteiger partial charge >= 0.3 is 0 Å². The number of rotatable bonds is 7. The molecule has 4 atom stereocenters. The minimum Gasteiger partial charge on any atom is -0.381 e. The minimum absolute atomic E-state index is 0.0363. The molecular weight excluding hydrogens is 411 g/mol. The predicted octanol–water partition coefficient (Wildman–Crippen LogP) is 2.21. The van der Waals surface area contributed by atoms with Crippen LogP contribution >= 0.6 is 22.6 Å². The van der Waals surface area contributed by atoms with Crippen molar-refractivity contribution in [3.05, 3.63) is 12.2 Å². The molecule has 2 fully saturated rings. The molecule has 23 heavy (non-hydrogen) atoms. The molecule has 0 aromatic carbocycles. The van der Waals surface area contributed by atoms with Crippen molar-refractivity contribution in [1.29, 1.82) is 0 Å². The maximum Gasteiger partial charge on any atom is 0.266 e. The molecule has 0 radical (unpaired) electrons. The lowest BCUT2D eigenvalue weighted by molar-refractivity contribution is -0.128. The first kappa shape index (κ1) is 18.8. The van der Waals surface area contributed by atoms with Gasteiger partial charge in [0.1, 0.15) is 6.61 Å². The van der Waals surface area contributed by atoms with E-state index >= 15 is 0 Å². The molecule has 130 valence electrons. The molecular formula is C16H25IN2O4. The van der Waals surface area contributed by atoms with E-state index in [0.29, 0.717) is 10.0 Å². The lowest BCUT2D eigenvalue weighted by Crippen LogP contribution is -2.37. The van der Waals surface area contributed by atoms with Gasteiger partial charge in [0, 0.05) is 23.9 Å². The molecule has 0 spiro atoms. The number of carbonyl (C=O) groups is 1. The zero-order valence-electron chi connectivity index (χ0n) is 13.4. The summed E-state index contributed by atoms with van der Waals surface area (Å²) in [7, 11) is 1.74. The molecule has 2 aliphatic rings. The summed E-state index contributed by atoms with van der Waals surface area (Å²) in [6.45, 7) is 0.860. The number of amides is 1. The van der Waals surface area contributed by atoms with E-state index < -0.39 is 0 Å². The molecule has 0 bridgehead atoms. The molecule has 0 aromatic heterocycles. The highest BCUT2D eigenvalue weighted by Crippen LogP contribution is 2.29. The van der Waals surface area contributed by atoms with Crippen LogP contribution in [0.1, 0.15) is 32.1 Å². The topological polar surface area (TPSA) is 69.2 Å². The maximum atomic E-state index is 11.7. The average molecular weight is 436 g/mol. The number of allylic oxidation sites excluding steroid dienone is 1. The number of ether oxygens (including phenoxy) is 3. The fraction of sp³-hybridized carbons (Fsp3) is 0.750. The largest absolute Gasteiger partial charge is 0.381 e. The highest BCUT2D eigenvalue weighted by molar-refractivity contribution is 14.1. The third-order valence-electron chi connectivity index (χ3n) is 4.07. The molecule has 1 aliphatic carbocycles. The van der Waals surface area contributed by atoms with Crippen molar-refractivity contribution in [3.8, 4) is 0 Å². The molecule has 2 rings (SSSR count). The number of halogens is 1. The van der Waals surface area contributed by atoms with Crippen molar-refractivity contribution < 1.29 is 19.0 Å². The smallest absolute Gasteiger partial charge is 0.266 e. The standard InChI is InChI=1S/C16H25IN2O4/c1-21-13-6-7-15(14(17)10-13)23-11-16(20)19-18-8-2-4-12-5-3-9-22-12/h2,4,8,12-15H,3,5-7,9-11H2,1H3,(H,19,20)/b4-2-,18-8+. The number of methoxy groups -OCH3 is 1. The average Bonchev–Trinajstić information content (AvgIpc) is 3.06. The molecule has 7 heteroatoms. The van der Waals surface area contributed by atoms with Gasteiger partial charge in [-0.05, 0) is 38.2 Å². The summed E-state index contributed by atoms with van der Waals surface area (Å²) >= 11 is 2.37. The fourth-order valence-electron chi connectivity index (χ4n) is 2.75. The van der Waals surface area contributed by atoms with Crippen molar-refractivity contribution in [3.63, 3.8) is 0 Å². The van der Waals surface area contributed by atoms with E-state index in [2.05, 4.69) is 33.1 Å². The molecule has 1 heterocycles. The molecule has 1 N–H and O–H groups in total. The van der Waals surface area contributed by atoms with E-state index in [1.807, 2.05) is 6.08 Å². The normalized spacial score (nSPS) is 31.9. The first-order valence-electron chi connectivity index (χ1n) is 8.07.